The van der Waals surface area contributed by atoms with Crippen molar-refractivity contribution in [2.75, 3.05) is 13.2 Å². The summed E-state index contributed by atoms with van der Waals surface area (Å²) in [4.78, 5) is 0. The molecule has 2 nitrogen and oxygen atoms in total. The van der Waals surface area contributed by atoms with E-state index in [0.29, 0.717) is 5.92 Å². The van der Waals surface area contributed by atoms with E-state index < -0.39 is 0 Å². The van der Waals surface area contributed by atoms with Gasteiger partial charge in [0.15, 0.2) is 0 Å². The summed E-state index contributed by atoms with van der Waals surface area (Å²) in [6, 6.07) is 6.51. The van der Waals surface area contributed by atoms with Gasteiger partial charge in [0.1, 0.15) is 11.5 Å². The van der Waals surface area contributed by atoms with Crippen LogP contribution in [0.1, 0.15) is 116 Å². The first-order valence-electron chi connectivity index (χ1n) is 12.2. The number of rotatable bonds is 14. The molecule has 0 heterocycles. The van der Waals surface area contributed by atoms with Gasteiger partial charge in [-0.25, -0.2) is 0 Å². The third-order valence-electron chi connectivity index (χ3n) is 6.21. The topological polar surface area (TPSA) is 18.5 Å². The van der Waals surface area contributed by atoms with Crippen molar-refractivity contribution in [3.8, 4) is 11.5 Å². The lowest BCUT2D eigenvalue weighted by Gasteiger charge is -2.30. The normalized spacial score (nSPS) is 19.5. The van der Waals surface area contributed by atoms with Crippen molar-refractivity contribution in [3.05, 3.63) is 23.8 Å². The molecule has 160 valence electrons. The summed E-state index contributed by atoms with van der Waals surface area (Å²) in [5, 5.41) is 0. The molecule has 0 N–H and O–H groups in total. The molecule has 0 amide bonds. The van der Waals surface area contributed by atoms with E-state index in [1.165, 1.54) is 76.2 Å². The zero-order valence-corrected chi connectivity index (χ0v) is 18.8. The molecule has 0 atom stereocenters. The Hall–Kier alpha value is -1.18. The van der Waals surface area contributed by atoms with Crippen LogP contribution in [0.2, 0.25) is 0 Å². The molecule has 2 rings (SSSR count). The number of ether oxygens (including phenoxy) is 2. The summed E-state index contributed by atoms with van der Waals surface area (Å²) in [6.07, 6.45) is 17.2. The lowest BCUT2D eigenvalue weighted by atomic mass is 9.76. The fourth-order valence-electron chi connectivity index (χ4n) is 4.41. The largest absolute Gasteiger partial charge is 0.494 e. The molecular formula is C26H44O2. The molecule has 0 aromatic heterocycles. The Bertz CT molecular complexity index is 517. The highest BCUT2D eigenvalue weighted by molar-refractivity contribution is 5.42. The standard InChI is InChI=1S/C26H44O2/c1-4-7-9-10-11-12-22-13-15-23(16-14-22)25-21-24(27-20-8-5-2)17-18-26(25)28-19-6-3/h17-18,21-23H,4-16,19-20H2,1-3H3. The second-order valence-corrected chi connectivity index (χ2v) is 8.67. The summed E-state index contributed by atoms with van der Waals surface area (Å²) < 4.78 is 12.1. The summed E-state index contributed by atoms with van der Waals surface area (Å²) in [5.41, 5.74) is 1.39. The molecule has 0 unspecified atom stereocenters. The third kappa shape index (κ3) is 8.05. The molecule has 28 heavy (non-hydrogen) atoms. The van der Waals surface area contributed by atoms with Gasteiger partial charge in [0.05, 0.1) is 13.2 Å². The molecule has 1 aliphatic rings. The quantitative estimate of drug-likeness (QED) is 0.298. The van der Waals surface area contributed by atoms with Crippen molar-refractivity contribution >= 4 is 0 Å². The van der Waals surface area contributed by atoms with Crippen LogP contribution in [0.15, 0.2) is 18.2 Å². The van der Waals surface area contributed by atoms with Gasteiger partial charge in [-0.15, -0.1) is 0 Å². The van der Waals surface area contributed by atoms with Gasteiger partial charge in [0.25, 0.3) is 0 Å². The van der Waals surface area contributed by atoms with E-state index in [1.54, 1.807) is 0 Å². The minimum absolute atomic E-state index is 0.637. The molecule has 1 aromatic carbocycles. The minimum Gasteiger partial charge on any atom is -0.494 e. The molecular weight excluding hydrogens is 344 g/mol. The molecule has 0 spiro atoms. The van der Waals surface area contributed by atoms with E-state index in [0.717, 1.165) is 43.5 Å². The molecule has 1 saturated carbocycles. The predicted octanol–water partition coefficient (Wildman–Crippen LogP) is 8.29. The van der Waals surface area contributed by atoms with Gasteiger partial charge in [-0.05, 0) is 68.6 Å². The first kappa shape index (κ1) is 23.1. The van der Waals surface area contributed by atoms with Crippen molar-refractivity contribution in [3.63, 3.8) is 0 Å². The second-order valence-electron chi connectivity index (χ2n) is 8.67. The highest BCUT2D eigenvalue weighted by Crippen LogP contribution is 2.42. The van der Waals surface area contributed by atoms with Crippen molar-refractivity contribution in [1.82, 2.24) is 0 Å². The molecule has 1 fully saturated rings. The van der Waals surface area contributed by atoms with Gasteiger partial charge in [-0.1, -0.05) is 65.7 Å². The lowest BCUT2D eigenvalue weighted by Crippen LogP contribution is -2.14. The van der Waals surface area contributed by atoms with Crippen LogP contribution in [0.3, 0.4) is 0 Å². The summed E-state index contributed by atoms with van der Waals surface area (Å²) in [5.74, 6) is 3.69. The Kier molecular flexibility index (Phi) is 11.5. The number of hydrogen-bond donors (Lipinski definition) is 0. The maximum absolute atomic E-state index is 6.09. The van der Waals surface area contributed by atoms with Crippen LogP contribution in [-0.4, -0.2) is 13.2 Å². The molecule has 1 aliphatic carbocycles. The van der Waals surface area contributed by atoms with Crippen molar-refractivity contribution in [2.45, 2.75) is 110 Å². The number of unbranched alkanes of at least 4 members (excludes halogenated alkanes) is 5. The van der Waals surface area contributed by atoms with Gasteiger partial charge in [0, 0.05) is 5.56 Å². The fourth-order valence-corrected chi connectivity index (χ4v) is 4.41. The molecule has 0 saturated heterocycles. The zero-order valence-electron chi connectivity index (χ0n) is 18.8. The van der Waals surface area contributed by atoms with E-state index in [-0.39, 0.29) is 0 Å². The SMILES string of the molecule is CCCCCCCC1CCC(c2cc(OCCCC)ccc2OCCC)CC1. The predicted molar refractivity (Wildman–Crippen MR) is 121 cm³/mol. The van der Waals surface area contributed by atoms with Gasteiger partial charge < -0.3 is 9.47 Å². The van der Waals surface area contributed by atoms with Gasteiger partial charge in [0.2, 0.25) is 0 Å². The third-order valence-corrected chi connectivity index (χ3v) is 6.21. The van der Waals surface area contributed by atoms with Crippen LogP contribution in [0.5, 0.6) is 11.5 Å². The maximum Gasteiger partial charge on any atom is 0.123 e. The van der Waals surface area contributed by atoms with E-state index >= 15 is 0 Å². The van der Waals surface area contributed by atoms with Crippen LogP contribution in [0.4, 0.5) is 0 Å². The molecule has 0 bridgehead atoms. The Morgan fingerprint density at radius 2 is 1.50 bits per heavy atom. The van der Waals surface area contributed by atoms with E-state index in [2.05, 4.69) is 39.0 Å². The number of hydrogen-bond acceptors (Lipinski definition) is 2. The number of benzene rings is 1. The first-order valence-corrected chi connectivity index (χ1v) is 12.2. The van der Waals surface area contributed by atoms with Crippen LogP contribution >= 0.6 is 0 Å². The molecule has 1 aromatic rings. The highest BCUT2D eigenvalue weighted by Gasteiger charge is 2.25. The zero-order chi connectivity index (χ0) is 20.0. The summed E-state index contributed by atoms with van der Waals surface area (Å²) in [7, 11) is 0. The average molecular weight is 389 g/mol. The van der Waals surface area contributed by atoms with E-state index in [4.69, 9.17) is 9.47 Å². The van der Waals surface area contributed by atoms with Crippen molar-refractivity contribution in [2.24, 2.45) is 5.92 Å². The Labute approximate surface area is 174 Å². The van der Waals surface area contributed by atoms with Gasteiger partial charge in [-0.3, -0.25) is 0 Å². The Balaban J connectivity index is 1.90. The van der Waals surface area contributed by atoms with Crippen LogP contribution < -0.4 is 9.47 Å². The Morgan fingerprint density at radius 3 is 2.21 bits per heavy atom. The van der Waals surface area contributed by atoms with Crippen molar-refractivity contribution < 1.29 is 9.47 Å². The smallest absolute Gasteiger partial charge is 0.123 e. The monoisotopic (exact) mass is 388 g/mol. The Morgan fingerprint density at radius 1 is 0.750 bits per heavy atom. The van der Waals surface area contributed by atoms with Crippen molar-refractivity contribution in [1.29, 1.82) is 0 Å². The molecule has 0 radical (unpaired) electrons. The van der Waals surface area contributed by atoms with Crippen LogP contribution in [-0.2, 0) is 0 Å². The summed E-state index contributed by atoms with van der Waals surface area (Å²) in [6.45, 7) is 8.29. The average Bonchev–Trinajstić information content (AvgIpc) is 2.73. The van der Waals surface area contributed by atoms with E-state index in [1.807, 2.05) is 0 Å². The first-order chi connectivity index (χ1) is 13.8. The fraction of sp³-hybridized carbons (Fsp3) is 0.769. The maximum atomic E-state index is 6.09. The van der Waals surface area contributed by atoms with E-state index in [9.17, 15) is 0 Å². The molecule has 0 aliphatic heterocycles. The molecule has 2 heteroatoms. The van der Waals surface area contributed by atoms with Gasteiger partial charge >= 0.3 is 0 Å². The van der Waals surface area contributed by atoms with Crippen LogP contribution in [0, 0.1) is 5.92 Å². The lowest BCUT2D eigenvalue weighted by molar-refractivity contribution is 0.280. The summed E-state index contributed by atoms with van der Waals surface area (Å²) >= 11 is 0. The highest BCUT2D eigenvalue weighted by atomic mass is 16.5. The second kappa shape index (κ2) is 13.9. The van der Waals surface area contributed by atoms with Gasteiger partial charge in [-0.2, -0.15) is 0 Å². The minimum atomic E-state index is 0.637. The van der Waals surface area contributed by atoms with Crippen LogP contribution in [0.25, 0.3) is 0 Å².